The highest BCUT2D eigenvalue weighted by Crippen LogP contribution is 2.20. The van der Waals surface area contributed by atoms with E-state index in [1.54, 1.807) is 0 Å². The highest BCUT2D eigenvalue weighted by molar-refractivity contribution is 6.69. The van der Waals surface area contributed by atoms with Crippen molar-refractivity contribution in [2.24, 2.45) is 0 Å². The summed E-state index contributed by atoms with van der Waals surface area (Å²) in [5.41, 5.74) is 0. The second-order valence-electron chi connectivity index (χ2n) is 5.88. The van der Waals surface area contributed by atoms with Crippen molar-refractivity contribution in [1.82, 2.24) is 0 Å². The van der Waals surface area contributed by atoms with Crippen LogP contribution in [0.15, 0.2) is 12.2 Å². The summed E-state index contributed by atoms with van der Waals surface area (Å²) in [6.45, 7) is 8.35. The summed E-state index contributed by atoms with van der Waals surface area (Å²) < 4.78 is 42.2. The number of allylic oxidation sites excluding steroid dienone is 1. The summed E-state index contributed by atoms with van der Waals surface area (Å²) in [6.07, 6.45) is 2.94. The molecule has 19 heavy (non-hydrogen) atoms. The number of hydrogen-bond donors (Lipinski definition) is 0. The number of unbranched alkanes of at least 4 members (excludes halogenated alkanes) is 3. The van der Waals surface area contributed by atoms with E-state index < -0.39 is 14.5 Å². The van der Waals surface area contributed by atoms with Gasteiger partial charge in [-0.1, -0.05) is 38.7 Å². The molecule has 0 rings (SSSR count). The van der Waals surface area contributed by atoms with E-state index >= 15 is 0 Å². The lowest BCUT2D eigenvalue weighted by Gasteiger charge is -2.25. The normalized spacial score (nSPS) is 15.1. The molecule has 0 heterocycles. The van der Waals surface area contributed by atoms with Crippen LogP contribution in [-0.2, 0) is 4.43 Å². The van der Waals surface area contributed by atoms with Crippen LogP contribution in [0, 0.1) is 0 Å². The standard InChI is InChI=1S/C14H27F3OSi/c1-5-6-7-8-10-13(18-19(2,3)4)11-9-12-14(15,16)17/h9,12-13H,5-8,10-11H2,1-4H3. The zero-order valence-electron chi connectivity index (χ0n) is 12.5. The Morgan fingerprint density at radius 3 is 2.21 bits per heavy atom. The van der Waals surface area contributed by atoms with Gasteiger partial charge < -0.3 is 4.43 Å². The lowest BCUT2D eigenvalue weighted by molar-refractivity contribution is -0.0801. The Hall–Kier alpha value is -0.293. The Kier molecular flexibility index (Phi) is 8.66. The van der Waals surface area contributed by atoms with Gasteiger partial charge in [-0.3, -0.25) is 0 Å². The van der Waals surface area contributed by atoms with E-state index in [1.807, 2.05) is 0 Å². The maximum absolute atomic E-state index is 12.1. The van der Waals surface area contributed by atoms with Gasteiger partial charge in [0.2, 0.25) is 0 Å². The molecule has 5 heteroatoms. The van der Waals surface area contributed by atoms with Gasteiger partial charge in [-0.25, -0.2) is 0 Å². The van der Waals surface area contributed by atoms with Crippen LogP contribution < -0.4 is 0 Å². The van der Waals surface area contributed by atoms with E-state index in [1.165, 1.54) is 12.5 Å². The van der Waals surface area contributed by atoms with Crippen LogP contribution in [-0.4, -0.2) is 20.6 Å². The molecule has 1 atom stereocenters. The fourth-order valence-corrected chi connectivity index (χ4v) is 3.09. The molecule has 0 aromatic rings. The first-order valence-electron chi connectivity index (χ1n) is 7.06. The third-order valence-corrected chi connectivity index (χ3v) is 3.65. The molecule has 0 aliphatic heterocycles. The zero-order chi connectivity index (χ0) is 14.9. The first-order valence-corrected chi connectivity index (χ1v) is 10.5. The van der Waals surface area contributed by atoms with Crippen molar-refractivity contribution in [3.63, 3.8) is 0 Å². The molecule has 0 bridgehead atoms. The van der Waals surface area contributed by atoms with Gasteiger partial charge in [0.05, 0.1) is 0 Å². The van der Waals surface area contributed by atoms with Crippen molar-refractivity contribution < 1.29 is 17.6 Å². The summed E-state index contributed by atoms with van der Waals surface area (Å²) in [4.78, 5) is 0. The largest absolute Gasteiger partial charge is 0.414 e. The summed E-state index contributed by atoms with van der Waals surface area (Å²) in [5, 5.41) is 0. The van der Waals surface area contributed by atoms with Crippen molar-refractivity contribution in [3.05, 3.63) is 12.2 Å². The molecule has 0 saturated heterocycles. The molecule has 1 unspecified atom stereocenters. The molecule has 114 valence electrons. The van der Waals surface area contributed by atoms with Crippen LogP contribution in [0.5, 0.6) is 0 Å². The summed E-state index contributed by atoms with van der Waals surface area (Å²) in [6, 6.07) is 0. The third kappa shape index (κ3) is 13.9. The fourth-order valence-electron chi connectivity index (χ4n) is 1.88. The molecule has 0 spiro atoms. The average molecular weight is 296 g/mol. The first-order chi connectivity index (χ1) is 8.64. The van der Waals surface area contributed by atoms with Gasteiger partial charge in [0, 0.05) is 12.2 Å². The number of halogens is 3. The van der Waals surface area contributed by atoms with Gasteiger partial charge in [-0.05, 0) is 32.5 Å². The predicted molar refractivity (Wildman–Crippen MR) is 76.8 cm³/mol. The molecular formula is C14H27F3OSi. The smallest absolute Gasteiger partial charge is 0.409 e. The van der Waals surface area contributed by atoms with Crippen LogP contribution in [0.1, 0.15) is 45.4 Å². The lowest BCUT2D eigenvalue weighted by Crippen LogP contribution is -2.31. The van der Waals surface area contributed by atoms with Crippen LogP contribution in [0.4, 0.5) is 13.2 Å². The number of rotatable bonds is 9. The van der Waals surface area contributed by atoms with Gasteiger partial charge in [0.1, 0.15) is 0 Å². The summed E-state index contributed by atoms with van der Waals surface area (Å²) >= 11 is 0. The van der Waals surface area contributed by atoms with Crippen LogP contribution >= 0.6 is 0 Å². The average Bonchev–Trinajstić information content (AvgIpc) is 2.20. The van der Waals surface area contributed by atoms with Crippen LogP contribution in [0.25, 0.3) is 0 Å². The highest BCUT2D eigenvalue weighted by atomic mass is 28.4. The Bertz CT molecular complexity index is 256. The highest BCUT2D eigenvalue weighted by Gasteiger charge is 2.23. The van der Waals surface area contributed by atoms with E-state index in [4.69, 9.17) is 4.43 Å². The molecule has 0 aromatic carbocycles. The van der Waals surface area contributed by atoms with Gasteiger partial charge in [-0.15, -0.1) is 0 Å². The van der Waals surface area contributed by atoms with Crippen molar-refractivity contribution in [2.45, 2.75) is 77.4 Å². The molecule has 0 amide bonds. The van der Waals surface area contributed by atoms with Crippen LogP contribution in [0.3, 0.4) is 0 Å². The molecule has 0 saturated carbocycles. The van der Waals surface area contributed by atoms with Crippen molar-refractivity contribution >= 4 is 8.32 Å². The lowest BCUT2D eigenvalue weighted by atomic mass is 10.1. The molecule has 0 aromatic heterocycles. The number of alkyl halides is 3. The zero-order valence-corrected chi connectivity index (χ0v) is 13.5. The first kappa shape index (κ1) is 18.7. The van der Waals surface area contributed by atoms with Gasteiger partial charge >= 0.3 is 6.18 Å². The van der Waals surface area contributed by atoms with E-state index in [0.717, 1.165) is 25.7 Å². The minimum absolute atomic E-state index is 0.0675. The van der Waals surface area contributed by atoms with E-state index in [0.29, 0.717) is 12.5 Å². The second-order valence-corrected chi connectivity index (χ2v) is 10.3. The van der Waals surface area contributed by atoms with E-state index in [2.05, 4.69) is 26.6 Å². The minimum atomic E-state index is -4.22. The molecular weight excluding hydrogens is 269 g/mol. The van der Waals surface area contributed by atoms with E-state index in [-0.39, 0.29) is 6.10 Å². The molecule has 0 radical (unpaired) electrons. The SMILES string of the molecule is CCCCCCC(CC=CC(F)(F)F)O[Si](C)(C)C. The van der Waals surface area contributed by atoms with Gasteiger partial charge in [-0.2, -0.15) is 13.2 Å². The Labute approximate surface area is 116 Å². The van der Waals surface area contributed by atoms with Crippen LogP contribution in [0.2, 0.25) is 19.6 Å². The summed E-state index contributed by atoms with van der Waals surface area (Å²) in [5.74, 6) is 0. The fraction of sp³-hybridized carbons (Fsp3) is 0.857. The second kappa shape index (κ2) is 8.79. The molecule has 0 aliphatic rings. The Balaban J connectivity index is 4.22. The summed E-state index contributed by atoms with van der Waals surface area (Å²) in [7, 11) is -1.70. The van der Waals surface area contributed by atoms with Crippen molar-refractivity contribution in [2.75, 3.05) is 0 Å². The van der Waals surface area contributed by atoms with Crippen molar-refractivity contribution in [3.8, 4) is 0 Å². The molecule has 0 fully saturated rings. The van der Waals surface area contributed by atoms with Crippen molar-refractivity contribution in [1.29, 1.82) is 0 Å². The Morgan fingerprint density at radius 1 is 1.11 bits per heavy atom. The maximum atomic E-state index is 12.1. The quantitative estimate of drug-likeness (QED) is 0.302. The molecule has 1 nitrogen and oxygen atoms in total. The maximum Gasteiger partial charge on any atom is 0.409 e. The van der Waals surface area contributed by atoms with E-state index in [9.17, 15) is 13.2 Å². The third-order valence-electron chi connectivity index (χ3n) is 2.61. The topological polar surface area (TPSA) is 9.23 Å². The Morgan fingerprint density at radius 2 is 1.74 bits per heavy atom. The number of hydrogen-bond acceptors (Lipinski definition) is 1. The minimum Gasteiger partial charge on any atom is -0.414 e. The monoisotopic (exact) mass is 296 g/mol. The predicted octanol–water partition coefficient (Wildman–Crippen LogP) is 5.69. The van der Waals surface area contributed by atoms with Gasteiger partial charge in [0.25, 0.3) is 0 Å². The molecule has 0 aliphatic carbocycles. The van der Waals surface area contributed by atoms with Gasteiger partial charge in [0.15, 0.2) is 8.32 Å². The molecule has 0 N–H and O–H groups in total.